The summed E-state index contributed by atoms with van der Waals surface area (Å²) in [6.45, 7) is 10.6. The fourth-order valence-corrected chi connectivity index (χ4v) is 5.69. The Hall–Kier alpha value is -3.52. The van der Waals surface area contributed by atoms with E-state index in [1.165, 1.54) is 19.4 Å². The number of nitrogens with zero attached hydrogens (tertiary/aromatic N) is 6. The number of aromatic nitrogens is 5. The maximum Gasteiger partial charge on any atom is 0.128 e. The van der Waals surface area contributed by atoms with Crippen LogP contribution in [0.2, 0.25) is 0 Å². The molecule has 0 radical (unpaired) electrons. The average Bonchev–Trinajstić information content (AvgIpc) is 3.50. The molecule has 0 unspecified atom stereocenters. The van der Waals surface area contributed by atoms with Crippen molar-refractivity contribution >= 4 is 16.7 Å². The van der Waals surface area contributed by atoms with E-state index in [0.717, 1.165) is 70.2 Å². The molecule has 2 atom stereocenters. The fraction of sp³-hybridized carbons (Fsp3) is 0.407. The van der Waals surface area contributed by atoms with Crippen LogP contribution < -0.4 is 9.64 Å². The molecule has 2 aliphatic rings. The minimum Gasteiger partial charge on any atom is -0.486 e. The SMILES string of the molecule is Cc1cnnc(C)c1[C@@H](C)Oc1ccc2[nH]nc(-c3ccc(N4CCN5CCC[C@@H]5C4)nc3)c2c1. The van der Waals surface area contributed by atoms with Crippen LogP contribution in [-0.2, 0) is 0 Å². The first kappa shape index (κ1) is 22.0. The fourth-order valence-electron chi connectivity index (χ4n) is 5.69. The number of pyridine rings is 1. The van der Waals surface area contributed by atoms with Gasteiger partial charge in [-0.3, -0.25) is 10.00 Å². The van der Waals surface area contributed by atoms with E-state index in [0.29, 0.717) is 6.04 Å². The number of rotatable bonds is 5. The molecule has 0 bridgehead atoms. The van der Waals surface area contributed by atoms with Gasteiger partial charge in [-0.2, -0.15) is 15.3 Å². The Morgan fingerprint density at radius 3 is 2.83 bits per heavy atom. The standard InChI is InChI=1S/C27H31N7O/c1-17-14-29-30-18(2)26(17)19(3)35-22-7-8-24-23(13-22)27(32-31-24)20-6-9-25(28-15-20)34-12-11-33-10-4-5-21(33)16-34/h6-9,13-15,19,21H,4-5,10-12,16H2,1-3H3,(H,31,32)/t19-,21-/m1/s1. The predicted octanol–water partition coefficient (Wildman–Crippen LogP) is 4.46. The summed E-state index contributed by atoms with van der Waals surface area (Å²) in [4.78, 5) is 9.86. The molecule has 0 aliphatic carbocycles. The van der Waals surface area contributed by atoms with Crippen molar-refractivity contribution in [2.45, 2.75) is 45.8 Å². The lowest BCUT2D eigenvalue weighted by Crippen LogP contribution is -2.50. The number of anilines is 1. The molecule has 0 amide bonds. The molecule has 0 saturated carbocycles. The number of fused-ring (bicyclic) bond motifs is 2. The van der Waals surface area contributed by atoms with Crippen LogP contribution in [0.1, 0.15) is 42.7 Å². The lowest BCUT2D eigenvalue weighted by molar-refractivity contribution is 0.225. The van der Waals surface area contributed by atoms with E-state index < -0.39 is 0 Å². The van der Waals surface area contributed by atoms with Gasteiger partial charge in [0.2, 0.25) is 0 Å². The van der Waals surface area contributed by atoms with Crippen LogP contribution in [0.15, 0.2) is 42.7 Å². The van der Waals surface area contributed by atoms with Gasteiger partial charge in [-0.1, -0.05) is 0 Å². The largest absolute Gasteiger partial charge is 0.486 e. The van der Waals surface area contributed by atoms with E-state index in [9.17, 15) is 0 Å². The summed E-state index contributed by atoms with van der Waals surface area (Å²) in [6.07, 6.45) is 6.20. The van der Waals surface area contributed by atoms with Crippen molar-refractivity contribution in [1.29, 1.82) is 0 Å². The molecule has 8 nitrogen and oxygen atoms in total. The van der Waals surface area contributed by atoms with Crippen LogP contribution in [-0.4, -0.2) is 62.5 Å². The van der Waals surface area contributed by atoms with Crippen LogP contribution >= 0.6 is 0 Å². The zero-order valence-electron chi connectivity index (χ0n) is 20.5. The number of aryl methyl sites for hydroxylation is 2. The topological polar surface area (TPSA) is 83.1 Å². The molecule has 0 spiro atoms. The maximum atomic E-state index is 6.33. The highest BCUT2D eigenvalue weighted by atomic mass is 16.5. The second kappa shape index (κ2) is 8.92. The first-order valence-corrected chi connectivity index (χ1v) is 12.5. The molecule has 2 aliphatic heterocycles. The Morgan fingerprint density at radius 2 is 2.00 bits per heavy atom. The van der Waals surface area contributed by atoms with Gasteiger partial charge >= 0.3 is 0 Å². The predicted molar refractivity (Wildman–Crippen MR) is 137 cm³/mol. The smallest absolute Gasteiger partial charge is 0.128 e. The monoisotopic (exact) mass is 469 g/mol. The molecular formula is C27H31N7O. The molecule has 2 saturated heterocycles. The Morgan fingerprint density at radius 1 is 1.09 bits per heavy atom. The van der Waals surface area contributed by atoms with Crippen molar-refractivity contribution < 1.29 is 4.74 Å². The van der Waals surface area contributed by atoms with E-state index in [-0.39, 0.29) is 6.10 Å². The summed E-state index contributed by atoms with van der Waals surface area (Å²) in [5.41, 5.74) is 5.90. The Kier molecular flexibility index (Phi) is 5.60. The van der Waals surface area contributed by atoms with E-state index >= 15 is 0 Å². The number of nitrogens with one attached hydrogen (secondary N) is 1. The van der Waals surface area contributed by atoms with Crippen molar-refractivity contribution in [1.82, 2.24) is 30.3 Å². The summed E-state index contributed by atoms with van der Waals surface area (Å²) in [7, 11) is 0. The van der Waals surface area contributed by atoms with Gasteiger partial charge in [-0.05, 0) is 76.1 Å². The van der Waals surface area contributed by atoms with E-state index in [2.05, 4.69) is 48.4 Å². The highest BCUT2D eigenvalue weighted by molar-refractivity contribution is 5.93. The van der Waals surface area contributed by atoms with Gasteiger partial charge in [0.05, 0.1) is 17.4 Å². The van der Waals surface area contributed by atoms with Crippen LogP contribution in [0.25, 0.3) is 22.2 Å². The van der Waals surface area contributed by atoms with Crippen LogP contribution in [0.5, 0.6) is 5.75 Å². The molecule has 8 heteroatoms. The third-order valence-corrected chi connectivity index (χ3v) is 7.46. The number of benzene rings is 1. The van der Waals surface area contributed by atoms with E-state index in [1.54, 1.807) is 6.20 Å². The molecule has 35 heavy (non-hydrogen) atoms. The van der Waals surface area contributed by atoms with Gasteiger partial charge < -0.3 is 9.64 Å². The molecule has 2 fully saturated rings. The third kappa shape index (κ3) is 4.12. The normalized spacial score (nSPS) is 19.2. The molecular weight excluding hydrogens is 438 g/mol. The number of hydrogen-bond acceptors (Lipinski definition) is 7. The molecule has 3 aromatic heterocycles. The van der Waals surface area contributed by atoms with Crippen LogP contribution in [0.4, 0.5) is 5.82 Å². The zero-order valence-corrected chi connectivity index (χ0v) is 20.5. The molecule has 1 N–H and O–H groups in total. The summed E-state index contributed by atoms with van der Waals surface area (Å²) >= 11 is 0. The zero-order chi connectivity index (χ0) is 23.9. The van der Waals surface area contributed by atoms with Gasteiger partial charge in [0.25, 0.3) is 0 Å². The van der Waals surface area contributed by atoms with Gasteiger partial charge in [-0.15, -0.1) is 0 Å². The van der Waals surface area contributed by atoms with Crippen molar-refractivity contribution in [3.63, 3.8) is 0 Å². The molecule has 180 valence electrons. The van der Waals surface area contributed by atoms with E-state index in [1.807, 2.05) is 39.1 Å². The molecule has 4 aromatic rings. The quantitative estimate of drug-likeness (QED) is 0.462. The number of hydrogen-bond donors (Lipinski definition) is 1. The summed E-state index contributed by atoms with van der Waals surface area (Å²) in [5.74, 6) is 1.84. The highest BCUT2D eigenvalue weighted by Crippen LogP contribution is 2.32. The summed E-state index contributed by atoms with van der Waals surface area (Å²) in [6, 6.07) is 11.0. The van der Waals surface area contributed by atoms with Gasteiger partial charge in [0, 0.05) is 48.4 Å². The lowest BCUT2D eigenvalue weighted by atomic mass is 10.0. The van der Waals surface area contributed by atoms with Gasteiger partial charge in [0.1, 0.15) is 23.4 Å². The second-order valence-electron chi connectivity index (χ2n) is 9.75. The third-order valence-electron chi connectivity index (χ3n) is 7.46. The first-order chi connectivity index (χ1) is 17.1. The van der Waals surface area contributed by atoms with Gasteiger partial charge in [0.15, 0.2) is 0 Å². The first-order valence-electron chi connectivity index (χ1n) is 12.5. The van der Waals surface area contributed by atoms with E-state index in [4.69, 9.17) is 9.72 Å². The summed E-state index contributed by atoms with van der Waals surface area (Å²) < 4.78 is 6.33. The Balaban J connectivity index is 1.23. The number of ether oxygens (including phenoxy) is 1. The minimum atomic E-state index is -0.139. The number of aromatic amines is 1. The maximum absolute atomic E-state index is 6.33. The molecule has 5 heterocycles. The lowest BCUT2D eigenvalue weighted by Gasteiger charge is -2.38. The average molecular weight is 470 g/mol. The minimum absolute atomic E-state index is 0.139. The van der Waals surface area contributed by atoms with Crippen molar-refractivity contribution in [2.75, 3.05) is 31.1 Å². The molecule has 6 rings (SSSR count). The van der Waals surface area contributed by atoms with Crippen molar-refractivity contribution in [3.8, 4) is 17.0 Å². The number of piperazine rings is 1. The van der Waals surface area contributed by atoms with Crippen LogP contribution in [0, 0.1) is 13.8 Å². The van der Waals surface area contributed by atoms with Gasteiger partial charge in [-0.25, -0.2) is 4.98 Å². The highest BCUT2D eigenvalue weighted by Gasteiger charge is 2.31. The van der Waals surface area contributed by atoms with Crippen LogP contribution in [0.3, 0.4) is 0 Å². The Labute approximate surface area is 205 Å². The number of H-pyrrole nitrogens is 1. The van der Waals surface area contributed by atoms with Crippen molar-refractivity contribution in [3.05, 3.63) is 59.5 Å². The summed E-state index contributed by atoms with van der Waals surface area (Å²) in [5, 5.41) is 17.0. The van der Waals surface area contributed by atoms with Crippen molar-refractivity contribution in [2.24, 2.45) is 0 Å². The second-order valence-corrected chi connectivity index (χ2v) is 9.75. The Bertz CT molecular complexity index is 1330. The molecule has 1 aromatic carbocycles.